The van der Waals surface area contributed by atoms with Gasteiger partial charge >= 0.3 is 0 Å². The summed E-state index contributed by atoms with van der Waals surface area (Å²) in [4.78, 5) is 18.9. The molecule has 2 heterocycles. The fourth-order valence-electron chi connectivity index (χ4n) is 3.29. The van der Waals surface area contributed by atoms with Crippen LogP contribution in [0.3, 0.4) is 0 Å². The number of carbonyl (C=O) groups excluding carboxylic acids is 1. The quantitative estimate of drug-likeness (QED) is 0.626. The van der Waals surface area contributed by atoms with Gasteiger partial charge in [-0.1, -0.05) is 6.92 Å². The summed E-state index contributed by atoms with van der Waals surface area (Å²) in [5.41, 5.74) is 0. The van der Waals surface area contributed by atoms with Crippen LogP contribution in [0.4, 0.5) is 0 Å². The predicted octanol–water partition coefficient (Wildman–Crippen LogP) is -0.413. The highest BCUT2D eigenvalue weighted by atomic mass is 16.3. The van der Waals surface area contributed by atoms with E-state index in [4.69, 9.17) is 0 Å². The molecule has 2 rings (SSSR count). The van der Waals surface area contributed by atoms with E-state index in [0.29, 0.717) is 6.54 Å². The average Bonchev–Trinajstić information content (AvgIpc) is 2.52. The number of nitrogens with zero attached hydrogens (tertiary/aromatic N) is 3. The zero-order valence-corrected chi connectivity index (χ0v) is 14.0. The van der Waals surface area contributed by atoms with Crippen LogP contribution in [0.5, 0.6) is 0 Å². The molecule has 6 nitrogen and oxygen atoms in total. The number of hydrogen-bond acceptors (Lipinski definition) is 5. The van der Waals surface area contributed by atoms with Crippen LogP contribution in [0.25, 0.3) is 0 Å². The van der Waals surface area contributed by atoms with E-state index in [0.717, 1.165) is 78.2 Å². The third-order valence-electron chi connectivity index (χ3n) is 4.73. The summed E-state index contributed by atoms with van der Waals surface area (Å²) >= 11 is 0. The van der Waals surface area contributed by atoms with Crippen LogP contribution in [0.1, 0.15) is 26.2 Å². The highest BCUT2D eigenvalue weighted by Crippen LogP contribution is 2.09. The second-order valence-corrected chi connectivity index (χ2v) is 6.51. The summed E-state index contributed by atoms with van der Waals surface area (Å²) < 4.78 is 0. The Morgan fingerprint density at radius 1 is 1.14 bits per heavy atom. The molecule has 0 aromatic carbocycles. The molecule has 0 aromatic heterocycles. The zero-order valence-electron chi connectivity index (χ0n) is 14.0. The number of hydrogen-bond donors (Lipinski definition) is 2. The molecule has 0 radical (unpaired) electrons. The van der Waals surface area contributed by atoms with E-state index in [1.807, 2.05) is 0 Å². The third-order valence-corrected chi connectivity index (χ3v) is 4.73. The first-order valence-electron chi connectivity index (χ1n) is 8.79. The topological polar surface area (TPSA) is 59.0 Å². The lowest BCUT2D eigenvalue weighted by Gasteiger charge is -2.33. The normalized spacial score (nSPS) is 25.3. The van der Waals surface area contributed by atoms with Gasteiger partial charge in [-0.3, -0.25) is 9.69 Å². The van der Waals surface area contributed by atoms with Crippen LogP contribution in [0.15, 0.2) is 0 Å². The van der Waals surface area contributed by atoms with Crippen LogP contribution < -0.4 is 5.32 Å². The molecule has 2 N–H and O–H groups in total. The van der Waals surface area contributed by atoms with Crippen molar-refractivity contribution in [3.8, 4) is 0 Å². The number of aliphatic hydroxyl groups is 1. The number of likely N-dealkylation sites (tertiary alicyclic amines) is 1. The molecule has 0 unspecified atom stereocenters. The summed E-state index contributed by atoms with van der Waals surface area (Å²) in [6, 6.07) is 0. The van der Waals surface area contributed by atoms with Gasteiger partial charge in [-0.25, -0.2) is 0 Å². The van der Waals surface area contributed by atoms with Crippen molar-refractivity contribution in [3.63, 3.8) is 0 Å². The van der Waals surface area contributed by atoms with Crippen molar-refractivity contribution in [1.29, 1.82) is 0 Å². The SMILES string of the molecule is CCN1CCN(CC(=O)NCCCN2CCC[C@H](O)C2)CC1. The van der Waals surface area contributed by atoms with Crippen molar-refractivity contribution in [2.24, 2.45) is 0 Å². The van der Waals surface area contributed by atoms with Gasteiger partial charge in [0, 0.05) is 39.3 Å². The van der Waals surface area contributed by atoms with Crippen LogP contribution in [0.2, 0.25) is 0 Å². The number of rotatable bonds is 7. The van der Waals surface area contributed by atoms with E-state index in [2.05, 4.69) is 26.9 Å². The highest BCUT2D eigenvalue weighted by Gasteiger charge is 2.18. The molecule has 0 aromatic rings. The van der Waals surface area contributed by atoms with Crippen LogP contribution >= 0.6 is 0 Å². The monoisotopic (exact) mass is 312 g/mol. The van der Waals surface area contributed by atoms with E-state index in [1.165, 1.54) is 0 Å². The van der Waals surface area contributed by atoms with Crippen molar-refractivity contribution in [2.75, 3.05) is 65.4 Å². The molecule has 0 aliphatic carbocycles. The van der Waals surface area contributed by atoms with Gasteiger partial charge in [-0.05, 0) is 38.9 Å². The lowest BCUT2D eigenvalue weighted by molar-refractivity contribution is -0.122. The molecule has 6 heteroatoms. The highest BCUT2D eigenvalue weighted by molar-refractivity contribution is 5.77. The number of amides is 1. The first-order chi connectivity index (χ1) is 10.7. The fourth-order valence-corrected chi connectivity index (χ4v) is 3.29. The molecule has 2 aliphatic heterocycles. The number of β-amino-alcohol motifs (C(OH)–C–C–N with tert-alkyl or cyclic N) is 1. The number of aliphatic hydroxyl groups excluding tert-OH is 1. The molecule has 2 saturated heterocycles. The molecule has 2 aliphatic rings. The number of carbonyl (C=O) groups is 1. The van der Waals surface area contributed by atoms with E-state index >= 15 is 0 Å². The maximum Gasteiger partial charge on any atom is 0.234 e. The van der Waals surface area contributed by atoms with E-state index in [-0.39, 0.29) is 12.0 Å². The molecular weight excluding hydrogens is 280 g/mol. The van der Waals surface area contributed by atoms with Gasteiger partial charge < -0.3 is 20.2 Å². The van der Waals surface area contributed by atoms with E-state index in [1.54, 1.807) is 0 Å². The molecule has 22 heavy (non-hydrogen) atoms. The molecule has 0 bridgehead atoms. The molecule has 1 atom stereocenters. The Bertz CT molecular complexity index is 332. The minimum Gasteiger partial charge on any atom is -0.392 e. The summed E-state index contributed by atoms with van der Waals surface area (Å²) in [5.74, 6) is 0.142. The molecule has 128 valence electrons. The summed E-state index contributed by atoms with van der Waals surface area (Å²) in [6.45, 7) is 11.5. The second kappa shape index (κ2) is 9.45. The van der Waals surface area contributed by atoms with E-state index in [9.17, 15) is 9.90 Å². The Labute approximate surface area is 134 Å². The largest absolute Gasteiger partial charge is 0.392 e. The summed E-state index contributed by atoms with van der Waals surface area (Å²) in [6.07, 6.45) is 2.81. The molecule has 0 spiro atoms. The van der Waals surface area contributed by atoms with Gasteiger partial charge in [-0.2, -0.15) is 0 Å². The van der Waals surface area contributed by atoms with Crippen molar-refractivity contribution in [3.05, 3.63) is 0 Å². The number of piperidine rings is 1. The predicted molar refractivity (Wildman–Crippen MR) is 87.9 cm³/mol. The Balaban J connectivity index is 1.51. The van der Waals surface area contributed by atoms with Gasteiger partial charge in [0.05, 0.1) is 12.6 Å². The molecular formula is C16H32N4O2. The molecule has 1 amide bonds. The first kappa shape index (κ1) is 17.7. The van der Waals surface area contributed by atoms with Gasteiger partial charge in [0.25, 0.3) is 0 Å². The first-order valence-corrected chi connectivity index (χ1v) is 8.79. The van der Waals surface area contributed by atoms with Gasteiger partial charge in [0.2, 0.25) is 5.91 Å². The summed E-state index contributed by atoms with van der Waals surface area (Å²) in [5, 5.41) is 12.6. The zero-order chi connectivity index (χ0) is 15.8. The number of likely N-dealkylation sites (N-methyl/N-ethyl adjacent to an activating group) is 1. The fraction of sp³-hybridized carbons (Fsp3) is 0.938. The molecule has 2 fully saturated rings. The maximum atomic E-state index is 11.9. The lowest BCUT2D eigenvalue weighted by Crippen LogP contribution is -2.49. The van der Waals surface area contributed by atoms with Crippen LogP contribution in [0, 0.1) is 0 Å². The van der Waals surface area contributed by atoms with Crippen molar-refractivity contribution in [2.45, 2.75) is 32.3 Å². The van der Waals surface area contributed by atoms with Crippen molar-refractivity contribution in [1.82, 2.24) is 20.0 Å². The Morgan fingerprint density at radius 2 is 1.86 bits per heavy atom. The Kier molecular flexibility index (Phi) is 7.59. The minimum absolute atomic E-state index is 0.142. The molecule has 0 saturated carbocycles. The second-order valence-electron chi connectivity index (χ2n) is 6.51. The Hall–Kier alpha value is -0.690. The average molecular weight is 312 g/mol. The van der Waals surface area contributed by atoms with Crippen molar-refractivity contribution >= 4 is 5.91 Å². The van der Waals surface area contributed by atoms with Gasteiger partial charge in [0.1, 0.15) is 0 Å². The van der Waals surface area contributed by atoms with Gasteiger partial charge in [-0.15, -0.1) is 0 Å². The van der Waals surface area contributed by atoms with Crippen LogP contribution in [-0.4, -0.2) is 97.3 Å². The lowest BCUT2D eigenvalue weighted by atomic mass is 10.1. The standard InChI is InChI=1S/C16H32N4O2/c1-2-18-9-11-20(12-10-18)14-16(22)17-6-4-8-19-7-3-5-15(21)13-19/h15,21H,2-14H2,1H3,(H,17,22)/t15-/m0/s1. The number of piperazine rings is 1. The maximum absolute atomic E-state index is 11.9. The van der Waals surface area contributed by atoms with Crippen LogP contribution in [-0.2, 0) is 4.79 Å². The van der Waals surface area contributed by atoms with Crippen molar-refractivity contribution < 1.29 is 9.90 Å². The third kappa shape index (κ3) is 6.20. The van der Waals surface area contributed by atoms with E-state index < -0.39 is 0 Å². The smallest absolute Gasteiger partial charge is 0.234 e. The minimum atomic E-state index is -0.162. The summed E-state index contributed by atoms with van der Waals surface area (Å²) in [7, 11) is 0. The number of nitrogens with one attached hydrogen (secondary N) is 1. The Morgan fingerprint density at radius 3 is 2.55 bits per heavy atom. The van der Waals surface area contributed by atoms with Gasteiger partial charge in [0.15, 0.2) is 0 Å².